The molecule has 0 heterocycles. The first-order valence-electron chi connectivity index (χ1n) is 6.78. The Morgan fingerprint density at radius 1 is 1.24 bits per heavy atom. The fraction of sp³-hybridized carbons (Fsp3) is 0.294. The minimum atomic E-state index is -0.713. The topological polar surface area (TPSA) is 20.2 Å². The van der Waals surface area contributed by atoms with Gasteiger partial charge in [-0.15, -0.1) is 0 Å². The molecular formula is C17H18Cl2OZr. The van der Waals surface area contributed by atoms with Crippen LogP contribution in [-0.4, -0.2) is 11.2 Å². The van der Waals surface area contributed by atoms with E-state index in [2.05, 4.69) is 49.4 Å². The predicted octanol–water partition coefficient (Wildman–Crippen LogP) is -2.17. The Kier molecular flexibility index (Phi) is 7.14. The molecule has 2 aliphatic carbocycles. The van der Waals surface area contributed by atoms with E-state index >= 15 is 0 Å². The molecule has 2 atom stereocenters. The normalized spacial score (nSPS) is 20.1. The summed E-state index contributed by atoms with van der Waals surface area (Å²) in [7, 11) is 0. The molecule has 21 heavy (non-hydrogen) atoms. The number of allylic oxidation sites excluding steroid dienone is 3. The summed E-state index contributed by atoms with van der Waals surface area (Å²) in [5.74, 6) is 0. The Bertz CT molecular complexity index is 603. The number of halogens is 2. The number of fused-ring (bicyclic) bond motifs is 1. The zero-order chi connectivity index (χ0) is 13.4. The first kappa shape index (κ1) is 18.9. The molecule has 0 aliphatic heterocycles. The number of rotatable bonds is 3. The quantitative estimate of drug-likeness (QED) is 0.613. The van der Waals surface area contributed by atoms with Crippen molar-refractivity contribution in [2.45, 2.75) is 30.0 Å². The Labute approximate surface area is 150 Å². The van der Waals surface area contributed by atoms with Crippen molar-refractivity contribution in [2.75, 3.05) is 0 Å². The van der Waals surface area contributed by atoms with E-state index in [0.29, 0.717) is 3.63 Å². The van der Waals surface area contributed by atoms with Gasteiger partial charge in [-0.25, -0.2) is 0 Å². The summed E-state index contributed by atoms with van der Waals surface area (Å²) in [6.07, 6.45) is 7.43. The van der Waals surface area contributed by atoms with Crippen LogP contribution >= 0.6 is 0 Å². The van der Waals surface area contributed by atoms with Crippen LogP contribution in [0.1, 0.15) is 35.0 Å². The van der Waals surface area contributed by atoms with E-state index in [0.717, 1.165) is 6.42 Å². The molecule has 1 nitrogen and oxygen atoms in total. The van der Waals surface area contributed by atoms with Crippen LogP contribution in [0.3, 0.4) is 0 Å². The molecule has 0 radical (unpaired) electrons. The van der Waals surface area contributed by atoms with Crippen LogP contribution in [0, 0.1) is 0 Å². The van der Waals surface area contributed by atoms with E-state index in [1.165, 1.54) is 22.3 Å². The zero-order valence-electron chi connectivity index (χ0n) is 12.1. The molecule has 0 fully saturated rings. The van der Waals surface area contributed by atoms with Crippen molar-refractivity contribution in [2.24, 2.45) is 0 Å². The number of hydrogen-bond acceptors (Lipinski definition) is 1. The standard InChI is InChI=1S/C10H9.C7H9O.2ClH.Zr/c1-8-6-9-4-2-3-5-10(9)7-8;1-6(8)7-4-2-3-5-7;;;/h2-7H,1H3;2,4,6,8H,3H2,1H3;2*1H;/q;;;;+2/p-2. The number of hydrogen-bond donors (Lipinski definition) is 1. The third-order valence-corrected chi connectivity index (χ3v) is 8.54. The third-order valence-electron chi connectivity index (χ3n) is 3.88. The molecule has 0 bridgehead atoms. The van der Waals surface area contributed by atoms with Crippen LogP contribution in [0.4, 0.5) is 0 Å². The SMILES string of the molecule is CC1=Cc2ccccc2[CH]1[Zr+2][C]1=C(C(C)O)C=CC1.[Cl-].[Cl-]. The van der Waals surface area contributed by atoms with E-state index in [1.807, 2.05) is 6.92 Å². The van der Waals surface area contributed by atoms with E-state index in [9.17, 15) is 5.11 Å². The summed E-state index contributed by atoms with van der Waals surface area (Å²) >= 11 is -0.713. The van der Waals surface area contributed by atoms with Crippen molar-refractivity contribution in [3.63, 3.8) is 0 Å². The Morgan fingerprint density at radius 3 is 2.67 bits per heavy atom. The molecule has 0 saturated carbocycles. The van der Waals surface area contributed by atoms with Gasteiger partial charge in [0.1, 0.15) is 0 Å². The van der Waals surface area contributed by atoms with Gasteiger partial charge in [0.15, 0.2) is 0 Å². The Morgan fingerprint density at radius 2 is 1.95 bits per heavy atom. The van der Waals surface area contributed by atoms with Gasteiger partial charge in [0, 0.05) is 0 Å². The number of aliphatic hydroxyl groups excluding tert-OH is 1. The minimum Gasteiger partial charge on any atom is -1.00 e. The first-order chi connectivity index (χ1) is 9.16. The van der Waals surface area contributed by atoms with Crippen molar-refractivity contribution >= 4 is 6.08 Å². The molecule has 2 aliphatic rings. The molecule has 0 amide bonds. The minimum absolute atomic E-state index is 0. The molecule has 3 rings (SSSR count). The molecule has 2 unspecified atom stereocenters. The van der Waals surface area contributed by atoms with E-state index in [4.69, 9.17) is 0 Å². The van der Waals surface area contributed by atoms with Gasteiger partial charge in [-0.2, -0.15) is 0 Å². The third kappa shape index (κ3) is 3.80. The maximum Gasteiger partial charge on any atom is -1.00 e. The van der Waals surface area contributed by atoms with Gasteiger partial charge in [0.25, 0.3) is 0 Å². The maximum atomic E-state index is 9.86. The second kappa shape index (κ2) is 7.93. The van der Waals surface area contributed by atoms with Gasteiger partial charge < -0.3 is 24.8 Å². The van der Waals surface area contributed by atoms with Crippen LogP contribution in [0.2, 0.25) is 0 Å². The summed E-state index contributed by atoms with van der Waals surface area (Å²) in [6.45, 7) is 4.15. The number of benzene rings is 1. The number of aliphatic hydroxyl groups is 1. The van der Waals surface area contributed by atoms with Crippen LogP contribution in [0.25, 0.3) is 6.08 Å². The van der Waals surface area contributed by atoms with E-state index < -0.39 is 23.2 Å². The summed E-state index contributed by atoms with van der Waals surface area (Å²) in [5.41, 5.74) is 5.62. The molecule has 4 heteroatoms. The van der Waals surface area contributed by atoms with Crippen LogP contribution in [0.15, 0.2) is 50.8 Å². The summed E-state index contributed by atoms with van der Waals surface area (Å²) in [4.78, 5) is 0. The smallest absolute Gasteiger partial charge is 1.00 e. The van der Waals surface area contributed by atoms with E-state index in [1.54, 1.807) is 3.28 Å². The molecule has 110 valence electrons. The second-order valence-corrected chi connectivity index (χ2v) is 8.92. The van der Waals surface area contributed by atoms with Crippen molar-refractivity contribution in [1.82, 2.24) is 0 Å². The van der Waals surface area contributed by atoms with Gasteiger partial charge in [0.2, 0.25) is 0 Å². The van der Waals surface area contributed by atoms with Gasteiger partial charge >= 0.3 is 126 Å². The van der Waals surface area contributed by atoms with Crippen LogP contribution < -0.4 is 24.8 Å². The predicted molar refractivity (Wildman–Crippen MR) is 75.3 cm³/mol. The summed E-state index contributed by atoms with van der Waals surface area (Å²) in [5, 5.41) is 9.86. The van der Waals surface area contributed by atoms with Crippen LogP contribution in [0.5, 0.6) is 0 Å². The zero-order valence-corrected chi connectivity index (χ0v) is 16.1. The summed E-state index contributed by atoms with van der Waals surface area (Å²) in [6, 6.07) is 8.76. The van der Waals surface area contributed by atoms with Gasteiger partial charge in [-0.1, -0.05) is 0 Å². The van der Waals surface area contributed by atoms with Crippen molar-refractivity contribution < 1.29 is 53.2 Å². The maximum absolute atomic E-state index is 9.86. The average Bonchev–Trinajstić information content (AvgIpc) is 2.96. The van der Waals surface area contributed by atoms with Crippen molar-refractivity contribution in [3.8, 4) is 0 Å². The van der Waals surface area contributed by atoms with Crippen molar-refractivity contribution in [1.29, 1.82) is 0 Å². The fourth-order valence-corrected chi connectivity index (χ4v) is 7.26. The molecule has 0 saturated heterocycles. The molecular weight excluding hydrogens is 382 g/mol. The van der Waals surface area contributed by atoms with E-state index in [-0.39, 0.29) is 30.9 Å². The average molecular weight is 400 g/mol. The fourth-order valence-electron chi connectivity index (χ4n) is 2.90. The van der Waals surface area contributed by atoms with Gasteiger partial charge in [0.05, 0.1) is 0 Å². The Hall–Kier alpha value is -0.137. The van der Waals surface area contributed by atoms with Gasteiger partial charge in [-0.3, -0.25) is 0 Å². The molecule has 1 N–H and O–H groups in total. The Balaban J connectivity index is 0.00000110. The van der Waals surface area contributed by atoms with Crippen molar-refractivity contribution in [3.05, 3.63) is 62.0 Å². The molecule has 0 spiro atoms. The molecule has 0 aromatic heterocycles. The second-order valence-electron chi connectivity index (χ2n) is 5.31. The molecule has 1 aromatic rings. The largest absolute Gasteiger partial charge is 1.00 e. The first-order valence-corrected chi connectivity index (χ1v) is 9.43. The monoisotopic (exact) mass is 398 g/mol. The van der Waals surface area contributed by atoms with Crippen LogP contribution in [-0.2, 0) is 23.2 Å². The summed E-state index contributed by atoms with van der Waals surface area (Å²) < 4.78 is 2.22. The van der Waals surface area contributed by atoms with Gasteiger partial charge in [-0.05, 0) is 0 Å². The molecule has 1 aromatic carbocycles.